The lowest BCUT2D eigenvalue weighted by Crippen LogP contribution is -2.50. The Morgan fingerprint density at radius 3 is 2.65 bits per heavy atom. The molecule has 1 N–H and O–H groups in total. The third-order valence-corrected chi connectivity index (χ3v) is 7.33. The molecule has 1 amide bonds. The number of hydrogen-bond acceptors (Lipinski definition) is 5. The Kier molecular flexibility index (Phi) is 7.32. The van der Waals surface area contributed by atoms with Gasteiger partial charge in [-0.2, -0.15) is 0 Å². The minimum atomic E-state index is -3.37. The molecule has 0 radical (unpaired) electrons. The van der Waals surface area contributed by atoms with Crippen LogP contribution in [0.15, 0.2) is 24.3 Å². The van der Waals surface area contributed by atoms with Crippen molar-refractivity contribution in [1.29, 1.82) is 0 Å². The van der Waals surface area contributed by atoms with E-state index in [4.69, 9.17) is 4.74 Å². The van der Waals surface area contributed by atoms with Crippen molar-refractivity contribution in [3.05, 3.63) is 29.8 Å². The topological polar surface area (TPSA) is 75.7 Å². The number of nitrogens with zero attached hydrogens (tertiary/aromatic N) is 1. The van der Waals surface area contributed by atoms with Crippen LogP contribution in [0.3, 0.4) is 0 Å². The summed E-state index contributed by atoms with van der Waals surface area (Å²) in [6.07, 6.45) is 3.26. The Bertz CT molecular complexity index is 720. The number of carbonyl (C=O) groups excluding carboxylic acids is 1. The number of amides is 1. The van der Waals surface area contributed by atoms with Crippen LogP contribution < -0.4 is 10.1 Å². The predicted octanol–water partition coefficient (Wildman–Crippen LogP) is 1.95. The molecule has 1 aromatic rings. The zero-order valence-electron chi connectivity index (χ0n) is 15.0. The first-order valence-corrected chi connectivity index (χ1v) is 10.6. The maximum Gasteiger partial charge on any atom is 0.238 e. The van der Waals surface area contributed by atoms with Gasteiger partial charge < -0.3 is 15.0 Å². The van der Waals surface area contributed by atoms with Crippen molar-refractivity contribution in [2.24, 2.45) is 0 Å². The molecule has 8 heteroatoms. The van der Waals surface area contributed by atoms with E-state index in [9.17, 15) is 13.2 Å². The van der Waals surface area contributed by atoms with Crippen LogP contribution >= 0.6 is 12.4 Å². The molecule has 2 aliphatic rings. The maximum absolute atomic E-state index is 12.8. The lowest BCUT2D eigenvalue weighted by atomic mass is 10.0. The lowest BCUT2D eigenvalue weighted by Gasteiger charge is -2.37. The molecule has 1 aliphatic heterocycles. The fourth-order valence-electron chi connectivity index (χ4n) is 3.84. The van der Waals surface area contributed by atoms with Crippen LogP contribution in [0.2, 0.25) is 0 Å². The van der Waals surface area contributed by atoms with Gasteiger partial charge in [-0.3, -0.25) is 4.79 Å². The van der Waals surface area contributed by atoms with E-state index >= 15 is 0 Å². The second kappa shape index (κ2) is 9.06. The predicted molar refractivity (Wildman–Crippen MR) is 104 cm³/mol. The number of carbonyl (C=O) groups is 1. The van der Waals surface area contributed by atoms with Crippen LogP contribution in [-0.4, -0.2) is 57.0 Å². The van der Waals surface area contributed by atoms with Crippen LogP contribution in [0.1, 0.15) is 37.3 Å². The summed E-state index contributed by atoms with van der Waals surface area (Å²) in [5.41, 5.74) is 0.906. The van der Waals surface area contributed by atoms with Gasteiger partial charge >= 0.3 is 0 Å². The number of ether oxygens (including phenoxy) is 1. The van der Waals surface area contributed by atoms with Gasteiger partial charge in [0, 0.05) is 25.2 Å². The summed E-state index contributed by atoms with van der Waals surface area (Å²) in [5, 5.41) is 2.95. The van der Waals surface area contributed by atoms with Gasteiger partial charge in [-0.1, -0.05) is 31.0 Å². The quantitative estimate of drug-likeness (QED) is 0.814. The minimum absolute atomic E-state index is 0. The number of nitrogens with one attached hydrogen (secondary N) is 1. The summed E-state index contributed by atoms with van der Waals surface area (Å²) in [6.45, 7) is 1.76. The van der Waals surface area contributed by atoms with Gasteiger partial charge in [0.2, 0.25) is 5.91 Å². The normalized spacial score (nSPS) is 21.3. The Hall–Kier alpha value is -1.31. The molecule has 0 spiro atoms. The van der Waals surface area contributed by atoms with E-state index in [2.05, 4.69) is 5.32 Å². The van der Waals surface area contributed by atoms with Gasteiger partial charge in [0.25, 0.3) is 0 Å². The summed E-state index contributed by atoms with van der Waals surface area (Å²) >= 11 is 0. The van der Waals surface area contributed by atoms with Crippen molar-refractivity contribution in [2.75, 3.05) is 32.5 Å². The van der Waals surface area contributed by atoms with E-state index in [-0.39, 0.29) is 35.4 Å². The SMILES string of the molecule is COc1ccccc1C1CNCCN1C(=O)CS(=O)(=O)C1CCCC1.Cl. The molecule has 146 valence electrons. The van der Waals surface area contributed by atoms with Crippen molar-refractivity contribution in [3.63, 3.8) is 0 Å². The smallest absolute Gasteiger partial charge is 0.238 e. The summed E-state index contributed by atoms with van der Waals surface area (Å²) < 4.78 is 30.6. The van der Waals surface area contributed by atoms with E-state index in [0.717, 1.165) is 18.4 Å². The monoisotopic (exact) mass is 402 g/mol. The lowest BCUT2D eigenvalue weighted by molar-refractivity contribution is -0.131. The third-order valence-electron chi connectivity index (χ3n) is 5.20. The van der Waals surface area contributed by atoms with Gasteiger partial charge in [-0.15, -0.1) is 12.4 Å². The van der Waals surface area contributed by atoms with E-state index in [1.807, 2.05) is 24.3 Å². The molecule has 1 saturated carbocycles. The number of para-hydroxylation sites is 1. The first-order valence-electron chi connectivity index (χ1n) is 8.87. The molecule has 0 aromatic heterocycles. The van der Waals surface area contributed by atoms with Gasteiger partial charge in [0.1, 0.15) is 11.5 Å². The highest BCUT2D eigenvalue weighted by Crippen LogP contribution is 2.31. The second-order valence-corrected chi connectivity index (χ2v) is 9.04. The number of hydrogen-bond donors (Lipinski definition) is 1. The molecule has 2 fully saturated rings. The largest absolute Gasteiger partial charge is 0.496 e. The number of halogens is 1. The zero-order valence-corrected chi connectivity index (χ0v) is 16.7. The zero-order chi connectivity index (χ0) is 17.9. The highest BCUT2D eigenvalue weighted by atomic mass is 35.5. The van der Waals surface area contributed by atoms with E-state index in [1.165, 1.54) is 0 Å². The van der Waals surface area contributed by atoms with Crippen molar-refractivity contribution in [1.82, 2.24) is 10.2 Å². The second-order valence-electron chi connectivity index (χ2n) is 6.76. The van der Waals surface area contributed by atoms with Crippen molar-refractivity contribution < 1.29 is 17.9 Å². The van der Waals surface area contributed by atoms with Crippen LogP contribution in [0.4, 0.5) is 0 Å². The molecular formula is C18H27ClN2O4S. The average Bonchev–Trinajstić information content (AvgIpc) is 3.17. The number of methoxy groups -OCH3 is 1. The summed E-state index contributed by atoms with van der Waals surface area (Å²) in [5.74, 6) is 0.0282. The third kappa shape index (κ3) is 4.50. The molecule has 1 saturated heterocycles. The Morgan fingerprint density at radius 1 is 1.27 bits per heavy atom. The minimum Gasteiger partial charge on any atom is -0.496 e. The highest BCUT2D eigenvalue weighted by molar-refractivity contribution is 7.92. The van der Waals surface area contributed by atoms with Gasteiger partial charge in [0.15, 0.2) is 9.84 Å². The number of benzene rings is 1. The molecule has 0 bridgehead atoms. The summed E-state index contributed by atoms with van der Waals surface area (Å²) in [4.78, 5) is 14.5. The molecule has 1 aliphatic carbocycles. The Balaban J connectivity index is 0.00000243. The Labute approximate surface area is 161 Å². The van der Waals surface area contributed by atoms with Crippen molar-refractivity contribution in [2.45, 2.75) is 37.0 Å². The number of rotatable bonds is 5. The van der Waals surface area contributed by atoms with Crippen LogP contribution in [0.5, 0.6) is 5.75 Å². The van der Waals surface area contributed by atoms with Gasteiger partial charge in [0.05, 0.1) is 18.4 Å². The molecule has 6 nitrogen and oxygen atoms in total. The van der Waals surface area contributed by atoms with Gasteiger partial charge in [-0.05, 0) is 18.9 Å². The summed E-state index contributed by atoms with van der Waals surface area (Å²) in [7, 11) is -1.77. The molecule has 1 atom stereocenters. The molecule has 1 heterocycles. The highest BCUT2D eigenvalue weighted by Gasteiger charge is 2.35. The molecule has 3 rings (SSSR count). The fraction of sp³-hybridized carbons (Fsp3) is 0.611. The van der Waals surface area contributed by atoms with Gasteiger partial charge in [-0.25, -0.2) is 8.42 Å². The standard InChI is InChI=1S/C18H26N2O4S.ClH/c1-24-17-9-5-4-8-15(17)16-12-19-10-11-20(16)18(21)13-25(22,23)14-6-2-3-7-14;/h4-5,8-9,14,16,19H,2-3,6-7,10-13H2,1H3;1H. The first kappa shape index (κ1) is 21.0. The molecule has 1 aromatic carbocycles. The van der Waals surface area contributed by atoms with Crippen molar-refractivity contribution >= 4 is 28.2 Å². The van der Waals surface area contributed by atoms with Crippen LogP contribution in [0, 0.1) is 0 Å². The fourth-order valence-corrected chi connectivity index (χ4v) is 5.64. The van der Waals surface area contributed by atoms with Crippen molar-refractivity contribution in [3.8, 4) is 5.75 Å². The van der Waals surface area contributed by atoms with E-state index < -0.39 is 9.84 Å². The maximum atomic E-state index is 12.8. The Morgan fingerprint density at radius 2 is 1.96 bits per heavy atom. The molecular weight excluding hydrogens is 376 g/mol. The average molecular weight is 403 g/mol. The number of sulfone groups is 1. The molecule has 1 unspecified atom stereocenters. The molecule has 26 heavy (non-hydrogen) atoms. The van der Waals surface area contributed by atoms with E-state index in [0.29, 0.717) is 38.2 Å². The number of piperazine rings is 1. The van der Waals surface area contributed by atoms with Crippen LogP contribution in [-0.2, 0) is 14.6 Å². The van der Waals surface area contributed by atoms with E-state index in [1.54, 1.807) is 12.0 Å². The summed E-state index contributed by atoms with van der Waals surface area (Å²) in [6, 6.07) is 7.38. The first-order chi connectivity index (χ1) is 12.0. The van der Waals surface area contributed by atoms with Crippen LogP contribution in [0.25, 0.3) is 0 Å².